The largest absolute Gasteiger partial charge is 0.346 e. The van der Waals surface area contributed by atoms with Crippen molar-refractivity contribution in [2.45, 2.75) is 39.0 Å². The molecule has 0 aromatic carbocycles. The predicted octanol–water partition coefficient (Wildman–Crippen LogP) is 1.37. The summed E-state index contributed by atoms with van der Waals surface area (Å²) in [4.78, 5) is 13.2. The second-order valence-electron chi connectivity index (χ2n) is 3.41. The van der Waals surface area contributed by atoms with Gasteiger partial charge in [-0.1, -0.05) is 13.3 Å². The lowest BCUT2D eigenvalue weighted by molar-refractivity contribution is -0.130. The van der Waals surface area contributed by atoms with Gasteiger partial charge in [0.2, 0.25) is 5.91 Å². The zero-order valence-corrected chi connectivity index (χ0v) is 8.88. The molecule has 78 valence electrons. The summed E-state index contributed by atoms with van der Waals surface area (Å²) in [6.07, 6.45) is 4.76. The maximum absolute atomic E-state index is 11.4. The molecule has 0 bridgehead atoms. The Bertz CT molecular complexity index is 137. The highest BCUT2D eigenvalue weighted by Gasteiger charge is 2.06. The number of hydrogen-bond donors (Lipinski definition) is 1. The van der Waals surface area contributed by atoms with Crippen LogP contribution < -0.4 is 5.73 Å². The Morgan fingerprint density at radius 2 is 2.00 bits per heavy atom. The average molecular weight is 186 g/mol. The summed E-state index contributed by atoms with van der Waals surface area (Å²) in [6.45, 7) is 3.71. The van der Waals surface area contributed by atoms with Crippen LogP contribution in [0.2, 0.25) is 0 Å². The van der Waals surface area contributed by atoms with Gasteiger partial charge in [-0.25, -0.2) is 0 Å². The minimum atomic E-state index is 0.252. The molecule has 0 unspecified atom stereocenters. The molecule has 0 saturated heterocycles. The molecular weight excluding hydrogens is 164 g/mol. The Hall–Kier alpha value is -0.570. The van der Waals surface area contributed by atoms with Crippen LogP contribution in [-0.2, 0) is 4.79 Å². The first kappa shape index (κ1) is 12.4. The molecule has 1 amide bonds. The van der Waals surface area contributed by atoms with Gasteiger partial charge in [0.25, 0.3) is 0 Å². The van der Waals surface area contributed by atoms with Gasteiger partial charge in [0.1, 0.15) is 0 Å². The van der Waals surface area contributed by atoms with Crippen molar-refractivity contribution in [2.24, 2.45) is 5.73 Å². The van der Waals surface area contributed by atoms with Crippen LogP contribution in [0.1, 0.15) is 39.0 Å². The van der Waals surface area contributed by atoms with E-state index in [1.54, 1.807) is 0 Å². The second kappa shape index (κ2) is 8.05. The van der Waals surface area contributed by atoms with Crippen molar-refractivity contribution in [1.29, 1.82) is 0 Å². The topological polar surface area (TPSA) is 46.3 Å². The number of amides is 1. The van der Waals surface area contributed by atoms with Crippen LogP contribution in [0.25, 0.3) is 0 Å². The normalized spacial score (nSPS) is 10.1. The third-order valence-corrected chi connectivity index (χ3v) is 2.12. The first-order chi connectivity index (χ1) is 6.22. The smallest absolute Gasteiger partial charge is 0.222 e. The van der Waals surface area contributed by atoms with Crippen molar-refractivity contribution >= 4 is 5.91 Å². The molecule has 0 heterocycles. The van der Waals surface area contributed by atoms with Gasteiger partial charge in [-0.3, -0.25) is 4.79 Å². The van der Waals surface area contributed by atoms with Crippen LogP contribution in [0.4, 0.5) is 0 Å². The first-order valence-corrected chi connectivity index (χ1v) is 5.16. The van der Waals surface area contributed by atoms with Crippen LogP contribution in [0, 0.1) is 0 Å². The predicted molar refractivity (Wildman–Crippen MR) is 55.5 cm³/mol. The number of hydrogen-bond acceptors (Lipinski definition) is 2. The van der Waals surface area contributed by atoms with Crippen molar-refractivity contribution < 1.29 is 4.79 Å². The molecule has 13 heavy (non-hydrogen) atoms. The highest BCUT2D eigenvalue weighted by molar-refractivity contribution is 5.75. The average Bonchev–Trinajstić information content (AvgIpc) is 2.14. The van der Waals surface area contributed by atoms with Crippen molar-refractivity contribution in [1.82, 2.24) is 4.90 Å². The molecule has 0 aliphatic heterocycles. The number of nitrogens with two attached hydrogens (primary N) is 1. The van der Waals surface area contributed by atoms with E-state index in [1.165, 1.54) is 0 Å². The molecule has 0 aliphatic rings. The van der Waals surface area contributed by atoms with Gasteiger partial charge in [-0.05, 0) is 25.8 Å². The summed E-state index contributed by atoms with van der Waals surface area (Å²) >= 11 is 0. The standard InChI is InChI=1S/C10H22N2O/c1-3-4-9-12(2)10(13)7-5-6-8-11/h3-9,11H2,1-2H3. The fourth-order valence-corrected chi connectivity index (χ4v) is 1.13. The van der Waals surface area contributed by atoms with E-state index in [9.17, 15) is 4.79 Å². The molecule has 0 aliphatic carbocycles. The molecule has 0 rings (SSSR count). The summed E-state index contributed by atoms with van der Waals surface area (Å²) in [5.41, 5.74) is 5.35. The highest BCUT2D eigenvalue weighted by atomic mass is 16.2. The lowest BCUT2D eigenvalue weighted by Crippen LogP contribution is -2.27. The van der Waals surface area contributed by atoms with E-state index in [0.717, 1.165) is 32.2 Å². The fraction of sp³-hybridized carbons (Fsp3) is 0.900. The molecule has 0 saturated carbocycles. The molecule has 0 atom stereocenters. The zero-order chi connectivity index (χ0) is 10.1. The Kier molecular flexibility index (Phi) is 7.69. The number of carbonyl (C=O) groups excluding carboxylic acids is 1. The summed E-state index contributed by atoms with van der Waals surface area (Å²) in [6, 6.07) is 0. The lowest BCUT2D eigenvalue weighted by atomic mass is 10.2. The van der Waals surface area contributed by atoms with E-state index in [1.807, 2.05) is 11.9 Å². The van der Waals surface area contributed by atoms with Gasteiger partial charge < -0.3 is 10.6 Å². The number of nitrogens with zero attached hydrogens (tertiary/aromatic N) is 1. The molecule has 0 fully saturated rings. The molecule has 0 radical (unpaired) electrons. The quantitative estimate of drug-likeness (QED) is 0.610. The van der Waals surface area contributed by atoms with Crippen molar-refractivity contribution in [3.05, 3.63) is 0 Å². The number of unbranched alkanes of at least 4 members (excludes halogenated alkanes) is 2. The fourth-order valence-electron chi connectivity index (χ4n) is 1.13. The van der Waals surface area contributed by atoms with Crippen molar-refractivity contribution in [3.8, 4) is 0 Å². The Balaban J connectivity index is 3.45. The maximum atomic E-state index is 11.4. The highest BCUT2D eigenvalue weighted by Crippen LogP contribution is 2.00. The molecular formula is C10H22N2O. The summed E-state index contributed by atoms with van der Waals surface area (Å²) in [7, 11) is 1.88. The van der Waals surface area contributed by atoms with Crippen LogP contribution in [0.15, 0.2) is 0 Å². The van der Waals surface area contributed by atoms with Gasteiger partial charge in [0.05, 0.1) is 0 Å². The van der Waals surface area contributed by atoms with E-state index in [0.29, 0.717) is 13.0 Å². The van der Waals surface area contributed by atoms with E-state index < -0.39 is 0 Å². The third kappa shape index (κ3) is 6.58. The van der Waals surface area contributed by atoms with Crippen LogP contribution >= 0.6 is 0 Å². The third-order valence-electron chi connectivity index (χ3n) is 2.12. The maximum Gasteiger partial charge on any atom is 0.222 e. The molecule has 2 N–H and O–H groups in total. The van der Waals surface area contributed by atoms with Crippen molar-refractivity contribution in [2.75, 3.05) is 20.1 Å². The monoisotopic (exact) mass is 186 g/mol. The Labute approximate surface area is 81.3 Å². The van der Waals surface area contributed by atoms with Crippen LogP contribution in [0.5, 0.6) is 0 Å². The zero-order valence-electron chi connectivity index (χ0n) is 8.88. The number of carbonyl (C=O) groups is 1. The van der Waals surface area contributed by atoms with Gasteiger partial charge in [0, 0.05) is 20.0 Å². The Morgan fingerprint density at radius 3 is 2.54 bits per heavy atom. The van der Waals surface area contributed by atoms with E-state index >= 15 is 0 Å². The molecule has 3 nitrogen and oxygen atoms in total. The molecule has 0 spiro atoms. The summed E-state index contributed by atoms with van der Waals surface area (Å²) in [5, 5.41) is 0. The second-order valence-corrected chi connectivity index (χ2v) is 3.41. The minimum Gasteiger partial charge on any atom is -0.346 e. The molecule has 0 aromatic rings. The molecule has 0 aromatic heterocycles. The van der Waals surface area contributed by atoms with Crippen LogP contribution in [-0.4, -0.2) is 30.9 Å². The van der Waals surface area contributed by atoms with E-state index in [4.69, 9.17) is 5.73 Å². The molecule has 3 heteroatoms. The van der Waals surface area contributed by atoms with E-state index in [-0.39, 0.29) is 5.91 Å². The lowest BCUT2D eigenvalue weighted by Gasteiger charge is -2.16. The van der Waals surface area contributed by atoms with Gasteiger partial charge in [0.15, 0.2) is 0 Å². The van der Waals surface area contributed by atoms with Crippen LogP contribution in [0.3, 0.4) is 0 Å². The first-order valence-electron chi connectivity index (χ1n) is 5.16. The number of rotatable bonds is 7. The van der Waals surface area contributed by atoms with Gasteiger partial charge in [-0.15, -0.1) is 0 Å². The van der Waals surface area contributed by atoms with Gasteiger partial charge in [-0.2, -0.15) is 0 Å². The minimum absolute atomic E-state index is 0.252. The summed E-state index contributed by atoms with van der Waals surface area (Å²) in [5.74, 6) is 0.252. The van der Waals surface area contributed by atoms with Crippen molar-refractivity contribution in [3.63, 3.8) is 0 Å². The Morgan fingerprint density at radius 1 is 1.31 bits per heavy atom. The summed E-state index contributed by atoms with van der Waals surface area (Å²) < 4.78 is 0. The van der Waals surface area contributed by atoms with Gasteiger partial charge >= 0.3 is 0 Å². The SMILES string of the molecule is CCCCN(C)C(=O)CCCCN. The van der Waals surface area contributed by atoms with E-state index in [2.05, 4.69) is 6.92 Å².